The van der Waals surface area contributed by atoms with Gasteiger partial charge in [-0.15, -0.1) is 0 Å². The normalized spacial score (nSPS) is 11.0. The molecule has 0 fully saturated rings. The van der Waals surface area contributed by atoms with Crippen LogP contribution in [0.2, 0.25) is 5.02 Å². The van der Waals surface area contributed by atoms with Gasteiger partial charge in [-0.1, -0.05) is 41.9 Å². The Balaban J connectivity index is 2.00. The average Bonchev–Trinajstić information content (AvgIpc) is 2.47. The third-order valence-corrected chi connectivity index (χ3v) is 4.79. The van der Waals surface area contributed by atoms with Crippen LogP contribution in [-0.2, 0) is 20.4 Å². The molecule has 0 aliphatic heterocycles. The minimum Gasteiger partial charge on any atom is -0.495 e. The van der Waals surface area contributed by atoms with E-state index in [9.17, 15) is 13.2 Å². The first-order valence-corrected chi connectivity index (χ1v) is 8.97. The number of benzene rings is 2. The van der Waals surface area contributed by atoms with Crippen LogP contribution >= 0.6 is 11.6 Å². The summed E-state index contributed by atoms with van der Waals surface area (Å²) in [6, 6.07) is 13.4. The molecule has 0 aliphatic carbocycles. The molecule has 0 unspecified atom stereocenters. The lowest BCUT2D eigenvalue weighted by atomic mass is 10.2. The molecule has 1 N–H and O–H groups in total. The number of hydrogen-bond acceptors (Lipinski definition) is 4. The van der Waals surface area contributed by atoms with Gasteiger partial charge in [-0.2, -0.15) is 0 Å². The second kappa shape index (κ2) is 7.48. The van der Waals surface area contributed by atoms with Crippen molar-refractivity contribution < 1.29 is 17.9 Å². The van der Waals surface area contributed by atoms with Crippen LogP contribution in [0.1, 0.15) is 5.56 Å². The topological polar surface area (TPSA) is 72.5 Å². The van der Waals surface area contributed by atoms with E-state index >= 15 is 0 Å². The average molecular weight is 354 g/mol. The molecule has 2 aromatic carbocycles. The zero-order chi connectivity index (χ0) is 16.9. The summed E-state index contributed by atoms with van der Waals surface area (Å²) >= 11 is 5.96. The lowest BCUT2D eigenvalue weighted by Gasteiger charge is -2.08. The van der Waals surface area contributed by atoms with Gasteiger partial charge in [-0.25, -0.2) is 8.42 Å². The maximum Gasteiger partial charge on any atom is 0.239 e. The number of carbonyl (C=O) groups excluding carboxylic acids is 1. The molecule has 0 bridgehead atoms. The summed E-state index contributed by atoms with van der Waals surface area (Å²) in [4.78, 5) is 11.9. The van der Waals surface area contributed by atoms with E-state index in [2.05, 4.69) is 5.32 Å². The fraction of sp³-hybridized carbons (Fsp3) is 0.188. The number of carbonyl (C=O) groups is 1. The van der Waals surface area contributed by atoms with Crippen LogP contribution in [0, 0.1) is 0 Å². The van der Waals surface area contributed by atoms with E-state index in [1.165, 1.54) is 13.2 Å². The van der Waals surface area contributed by atoms with Crippen LogP contribution in [0.15, 0.2) is 48.5 Å². The molecule has 0 heterocycles. The molecule has 122 valence electrons. The first-order valence-electron chi connectivity index (χ1n) is 6.77. The van der Waals surface area contributed by atoms with Gasteiger partial charge in [0.05, 0.1) is 17.9 Å². The van der Waals surface area contributed by atoms with Gasteiger partial charge in [-0.3, -0.25) is 4.79 Å². The maximum absolute atomic E-state index is 12.1. The first kappa shape index (κ1) is 17.3. The molecule has 0 radical (unpaired) electrons. The van der Waals surface area contributed by atoms with Crippen LogP contribution < -0.4 is 10.1 Å². The van der Waals surface area contributed by atoms with Crippen molar-refractivity contribution in [1.82, 2.24) is 0 Å². The minimum absolute atomic E-state index is 0.176. The molecule has 0 atom stereocenters. The lowest BCUT2D eigenvalue weighted by molar-refractivity contribution is -0.113. The van der Waals surface area contributed by atoms with Gasteiger partial charge in [-0.05, 0) is 23.8 Å². The summed E-state index contributed by atoms with van der Waals surface area (Å²) in [5.74, 6) is -0.903. The van der Waals surface area contributed by atoms with Gasteiger partial charge in [0.2, 0.25) is 5.91 Å². The van der Waals surface area contributed by atoms with E-state index in [1.54, 1.807) is 42.5 Å². The van der Waals surface area contributed by atoms with Crippen molar-refractivity contribution in [3.8, 4) is 5.75 Å². The van der Waals surface area contributed by atoms with Gasteiger partial charge >= 0.3 is 0 Å². The highest BCUT2D eigenvalue weighted by molar-refractivity contribution is 7.91. The summed E-state index contributed by atoms with van der Waals surface area (Å²) in [5, 5.41) is 2.85. The number of halogens is 1. The van der Waals surface area contributed by atoms with Crippen molar-refractivity contribution >= 4 is 33.0 Å². The quantitative estimate of drug-likeness (QED) is 0.866. The van der Waals surface area contributed by atoms with Crippen LogP contribution in [0.4, 0.5) is 5.69 Å². The van der Waals surface area contributed by atoms with E-state index in [-0.39, 0.29) is 5.75 Å². The van der Waals surface area contributed by atoms with Crippen LogP contribution in [0.5, 0.6) is 5.75 Å². The van der Waals surface area contributed by atoms with Crippen LogP contribution in [0.3, 0.4) is 0 Å². The molecule has 23 heavy (non-hydrogen) atoms. The molecular weight excluding hydrogens is 338 g/mol. The van der Waals surface area contributed by atoms with E-state index in [1.807, 2.05) is 0 Å². The number of hydrogen-bond donors (Lipinski definition) is 1. The van der Waals surface area contributed by atoms with Crippen molar-refractivity contribution in [2.45, 2.75) is 5.75 Å². The van der Waals surface area contributed by atoms with E-state index < -0.39 is 21.5 Å². The maximum atomic E-state index is 12.1. The summed E-state index contributed by atoms with van der Waals surface area (Å²) in [5.41, 5.74) is 1.06. The van der Waals surface area contributed by atoms with Crippen molar-refractivity contribution in [2.75, 3.05) is 18.2 Å². The van der Waals surface area contributed by atoms with Gasteiger partial charge in [0.1, 0.15) is 11.5 Å². The van der Waals surface area contributed by atoms with Gasteiger partial charge in [0.25, 0.3) is 0 Å². The third-order valence-electron chi connectivity index (χ3n) is 3.02. The molecular formula is C16H16ClNO4S. The number of methoxy groups -OCH3 is 1. The van der Waals surface area contributed by atoms with Crippen molar-refractivity contribution in [3.63, 3.8) is 0 Å². The van der Waals surface area contributed by atoms with Crippen molar-refractivity contribution in [2.24, 2.45) is 0 Å². The van der Waals surface area contributed by atoms with Crippen molar-refractivity contribution in [3.05, 3.63) is 59.1 Å². The Hall–Kier alpha value is -2.05. The third kappa shape index (κ3) is 5.26. The molecule has 0 aliphatic rings. The Morgan fingerprint density at radius 1 is 1.17 bits per heavy atom. The lowest BCUT2D eigenvalue weighted by Crippen LogP contribution is -2.23. The van der Waals surface area contributed by atoms with Gasteiger partial charge in [0.15, 0.2) is 9.84 Å². The summed E-state index contributed by atoms with van der Waals surface area (Å²) in [7, 11) is -2.06. The Morgan fingerprint density at radius 3 is 2.48 bits per heavy atom. The Bertz CT molecular complexity index is 791. The largest absolute Gasteiger partial charge is 0.495 e. The zero-order valence-corrected chi connectivity index (χ0v) is 14.0. The van der Waals surface area contributed by atoms with Gasteiger partial charge in [0, 0.05) is 5.69 Å². The molecule has 1 amide bonds. The van der Waals surface area contributed by atoms with Crippen molar-refractivity contribution in [1.29, 1.82) is 0 Å². The number of ether oxygens (including phenoxy) is 1. The summed E-state index contributed by atoms with van der Waals surface area (Å²) in [6.07, 6.45) is 0. The SMILES string of the molecule is COc1ccc(NC(=O)CS(=O)(=O)Cc2ccccc2)cc1Cl. The number of anilines is 1. The van der Waals surface area contributed by atoms with Gasteiger partial charge < -0.3 is 10.1 Å². The second-order valence-corrected chi connectivity index (χ2v) is 7.39. The summed E-state index contributed by atoms with van der Waals surface area (Å²) < 4.78 is 29.1. The number of amides is 1. The standard InChI is InChI=1S/C16H16ClNO4S/c1-22-15-8-7-13(9-14(15)17)18-16(19)11-23(20,21)10-12-5-3-2-4-6-12/h2-9H,10-11H2,1H3,(H,18,19). The van der Waals surface area contributed by atoms with E-state index in [0.29, 0.717) is 22.0 Å². The fourth-order valence-electron chi connectivity index (χ4n) is 2.02. The highest BCUT2D eigenvalue weighted by Gasteiger charge is 2.17. The number of nitrogens with one attached hydrogen (secondary N) is 1. The number of rotatable bonds is 6. The first-order chi connectivity index (χ1) is 10.9. The predicted molar refractivity (Wildman–Crippen MR) is 90.6 cm³/mol. The second-order valence-electron chi connectivity index (χ2n) is 4.92. The Labute approximate surface area is 140 Å². The molecule has 2 aromatic rings. The van der Waals surface area contributed by atoms with Crippen LogP contribution in [-0.4, -0.2) is 27.2 Å². The molecule has 5 nitrogen and oxygen atoms in total. The Kier molecular flexibility index (Phi) is 5.63. The monoisotopic (exact) mass is 353 g/mol. The Morgan fingerprint density at radius 2 is 1.87 bits per heavy atom. The molecule has 0 saturated carbocycles. The molecule has 0 aromatic heterocycles. The highest BCUT2D eigenvalue weighted by atomic mass is 35.5. The van der Waals surface area contributed by atoms with E-state index in [4.69, 9.17) is 16.3 Å². The fourth-order valence-corrected chi connectivity index (χ4v) is 3.55. The van der Waals surface area contributed by atoms with E-state index in [0.717, 1.165) is 0 Å². The molecule has 2 rings (SSSR count). The molecule has 0 saturated heterocycles. The highest BCUT2D eigenvalue weighted by Crippen LogP contribution is 2.27. The zero-order valence-electron chi connectivity index (χ0n) is 12.5. The summed E-state index contributed by atoms with van der Waals surface area (Å²) in [6.45, 7) is 0. The predicted octanol–water partition coefficient (Wildman–Crippen LogP) is 2.90. The minimum atomic E-state index is -3.55. The smallest absolute Gasteiger partial charge is 0.239 e. The molecule has 7 heteroatoms. The van der Waals surface area contributed by atoms with Crippen LogP contribution in [0.25, 0.3) is 0 Å². The number of sulfone groups is 1. The molecule has 0 spiro atoms.